The highest BCUT2D eigenvalue weighted by Gasteiger charge is 2.20. The molecule has 0 aliphatic rings. The maximum Gasteiger partial charge on any atom is 0.272 e. The smallest absolute Gasteiger partial charge is 0.272 e. The van der Waals surface area contributed by atoms with Crippen molar-refractivity contribution < 1.29 is 4.79 Å². The number of anilines is 1. The van der Waals surface area contributed by atoms with E-state index in [1.807, 2.05) is 65.2 Å². The van der Waals surface area contributed by atoms with Crippen LogP contribution in [0.15, 0.2) is 89.9 Å². The highest BCUT2D eigenvalue weighted by molar-refractivity contribution is 6.06. The lowest BCUT2D eigenvalue weighted by atomic mass is 10.0. The van der Waals surface area contributed by atoms with E-state index in [4.69, 9.17) is 4.98 Å². The minimum atomic E-state index is -0.283. The molecule has 5 rings (SSSR count). The lowest BCUT2D eigenvalue weighted by Crippen LogP contribution is -2.18. The number of hydrogen-bond acceptors (Lipinski definition) is 3. The molecule has 0 saturated carbocycles. The van der Waals surface area contributed by atoms with Crippen molar-refractivity contribution in [1.29, 1.82) is 0 Å². The topological polar surface area (TPSA) is 68.4 Å². The molecule has 2 aromatic carbocycles. The Labute approximate surface area is 191 Å². The molecule has 0 radical (unpaired) electrons. The molecular formula is C27H24N4O2. The molecular weight excluding hydrogens is 412 g/mol. The van der Waals surface area contributed by atoms with E-state index in [1.165, 1.54) is 9.96 Å². The zero-order valence-corrected chi connectivity index (χ0v) is 18.5. The Morgan fingerprint density at radius 3 is 2.42 bits per heavy atom. The van der Waals surface area contributed by atoms with E-state index in [1.54, 1.807) is 24.4 Å². The minimum Gasteiger partial charge on any atom is -0.321 e. The Balaban J connectivity index is 1.62. The maximum atomic E-state index is 13.3. The number of nitrogens with one attached hydrogen (secondary N) is 1. The molecule has 0 bridgehead atoms. The second-order valence-electron chi connectivity index (χ2n) is 8.42. The lowest BCUT2D eigenvalue weighted by molar-refractivity contribution is 0.101. The summed E-state index contributed by atoms with van der Waals surface area (Å²) in [7, 11) is 0. The average Bonchev–Trinajstić information content (AvgIpc) is 3.19. The van der Waals surface area contributed by atoms with Crippen molar-refractivity contribution in [3.8, 4) is 0 Å². The summed E-state index contributed by atoms with van der Waals surface area (Å²) < 4.78 is 3.32. The van der Waals surface area contributed by atoms with Crippen LogP contribution in [0.5, 0.6) is 0 Å². The van der Waals surface area contributed by atoms with Crippen molar-refractivity contribution in [2.24, 2.45) is 0 Å². The van der Waals surface area contributed by atoms with E-state index >= 15 is 0 Å². The van der Waals surface area contributed by atoms with Gasteiger partial charge < -0.3 is 9.88 Å². The molecule has 5 aromatic rings. The van der Waals surface area contributed by atoms with E-state index in [0.717, 1.165) is 5.56 Å². The molecule has 1 amide bonds. The van der Waals surface area contributed by atoms with Crippen molar-refractivity contribution in [1.82, 2.24) is 14.0 Å². The number of carbonyl (C=O) groups excluding carboxylic acids is 1. The molecule has 6 nitrogen and oxygen atoms in total. The van der Waals surface area contributed by atoms with Gasteiger partial charge in [-0.25, -0.2) is 4.98 Å². The maximum absolute atomic E-state index is 13.3. The zero-order chi connectivity index (χ0) is 22.9. The zero-order valence-electron chi connectivity index (χ0n) is 18.5. The van der Waals surface area contributed by atoms with Gasteiger partial charge in [0.2, 0.25) is 0 Å². The largest absolute Gasteiger partial charge is 0.321 e. The number of carbonyl (C=O) groups is 1. The van der Waals surface area contributed by atoms with Gasteiger partial charge in [-0.05, 0) is 47.4 Å². The number of pyridine rings is 1. The number of aromatic nitrogens is 3. The first-order chi connectivity index (χ1) is 16.0. The highest BCUT2D eigenvalue weighted by Crippen LogP contribution is 2.21. The first-order valence-electron chi connectivity index (χ1n) is 11.0. The van der Waals surface area contributed by atoms with Crippen LogP contribution in [-0.2, 0) is 6.54 Å². The third-order valence-electron chi connectivity index (χ3n) is 5.83. The predicted octanol–water partition coefficient (Wildman–Crippen LogP) is 5.07. The van der Waals surface area contributed by atoms with Crippen LogP contribution >= 0.6 is 0 Å². The number of amides is 1. The van der Waals surface area contributed by atoms with Crippen molar-refractivity contribution in [3.05, 3.63) is 112 Å². The van der Waals surface area contributed by atoms with Gasteiger partial charge in [0.05, 0.1) is 5.39 Å². The second kappa shape index (κ2) is 8.39. The number of hydrogen-bond donors (Lipinski definition) is 1. The van der Waals surface area contributed by atoms with Crippen molar-refractivity contribution in [2.45, 2.75) is 26.3 Å². The van der Waals surface area contributed by atoms with Crippen molar-refractivity contribution >= 4 is 28.3 Å². The summed E-state index contributed by atoms with van der Waals surface area (Å²) >= 11 is 0. The fourth-order valence-corrected chi connectivity index (χ4v) is 4.01. The standard InChI is InChI=1S/C27H24N4O2/c1-18(2)20-11-13-21(14-12-20)28-26(32)23-16-22-25(31(23)17-19-8-4-3-5-9-19)29-24-10-6-7-15-30(24)27(22)33/h3-16,18H,17H2,1-2H3,(H,28,32). The van der Waals surface area contributed by atoms with Crippen LogP contribution in [0.2, 0.25) is 0 Å². The molecule has 3 aromatic heterocycles. The SMILES string of the molecule is CC(C)c1ccc(NC(=O)c2cc3c(=O)n4ccccc4nc3n2Cc2ccccc2)cc1. The van der Waals surface area contributed by atoms with Gasteiger partial charge in [-0.1, -0.05) is 62.4 Å². The summed E-state index contributed by atoms with van der Waals surface area (Å²) in [5.74, 6) is 0.131. The molecule has 33 heavy (non-hydrogen) atoms. The van der Waals surface area contributed by atoms with Crippen LogP contribution in [0.4, 0.5) is 5.69 Å². The minimum absolute atomic E-state index is 0.197. The molecule has 0 aliphatic heterocycles. The number of benzene rings is 2. The van der Waals surface area contributed by atoms with E-state index in [2.05, 4.69) is 19.2 Å². The van der Waals surface area contributed by atoms with Crippen LogP contribution in [0, 0.1) is 0 Å². The summed E-state index contributed by atoms with van der Waals surface area (Å²) in [6.45, 7) is 4.69. The fourth-order valence-electron chi connectivity index (χ4n) is 4.01. The van der Waals surface area contributed by atoms with Crippen LogP contribution in [0.3, 0.4) is 0 Å². The van der Waals surface area contributed by atoms with Crippen molar-refractivity contribution in [3.63, 3.8) is 0 Å². The van der Waals surface area contributed by atoms with Crippen LogP contribution < -0.4 is 10.9 Å². The Morgan fingerprint density at radius 1 is 0.970 bits per heavy atom. The summed E-state index contributed by atoms with van der Waals surface area (Å²) in [5, 5.41) is 3.39. The van der Waals surface area contributed by atoms with Gasteiger partial charge in [-0.2, -0.15) is 0 Å². The van der Waals surface area contributed by atoms with Crippen molar-refractivity contribution in [2.75, 3.05) is 5.32 Å². The predicted molar refractivity (Wildman–Crippen MR) is 131 cm³/mol. The van der Waals surface area contributed by atoms with Crippen LogP contribution in [-0.4, -0.2) is 19.9 Å². The van der Waals surface area contributed by atoms with Gasteiger partial charge in [-0.15, -0.1) is 0 Å². The Bertz CT molecular complexity index is 1510. The molecule has 1 N–H and O–H groups in total. The lowest BCUT2D eigenvalue weighted by Gasteiger charge is -2.12. The summed E-state index contributed by atoms with van der Waals surface area (Å²) in [6, 6.07) is 24.7. The molecule has 0 atom stereocenters. The third kappa shape index (κ3) is 3.91. The van der Waals surface area contributed by atoms with Crippen LogP contribution in [0.1, 0.15) is 41.4 Å². The highest BCUT2D eigenvalue weighted by atomic mass is 16.2. The Kier molecular flexibility index (Phi) is 5.26. The van der Waals surface area contributed by atoms with Gasteiger partial charge >= 0.3 is 0 Å². The van der Waals surface area contributed by atoms with Crippen LogP contribution in [0.25, 0.3) is 16.7 Å². The normalized spacial score (nSPS) is 11.4. The van der Waals surface area contributed by atoms with Gasteiger partial charge in [0.15, 0.2) is 0 Å². The molecule has 0 spiro atoms. The second-order valence-corrected chi connectivity index (χ2v) is 8.42. The first-order valence-corrected chi connectivity index (χ1v) is 11.0. The average molecular weight is 437 g/mol. The molecule has 164 valence electrons. The monoisotopic (exact) mass is 436 g/mol. The van der Waals surface area contributed by atoms with E-state index < -0.39 is 0 Å². The third-order valence-corrected chi connectivity index (χ3v) is 5.83. The first kappa shape index (κ1) is 20.7. The quantitative estimate of drug-likeness (QED) is 0.418. The Morgan fingerprint density at radius 2 is 1.70 bits per heavy atom. The number of rotatable bonds is 5. The molecule has 3 heterocycles. The van der Waals surface area contributed by atoms with Gasteiger partial charge in [0.1, 0.15) is 17.0 Å². The number of nitrogens with zero attached hydrogens (tertiary/aromatic N) is 3. The molecule has 0 unspecified atom stereocenters. The number of fused-ring (bicyclic) bond motifs is 2. The molecule has 0 saturated heterocycles. The molecule has 0 fully saturated rings. The summed E-state index contributed by atoms with van der Waals surface area (Å²) in [6.07, 6.45) is 1.69. The van der Waals surface area contributed by atoms with Gasteiger partial charge in [0, 0.05) is 18.4 Å². The van der Waals surface area contributed by atoms with Gasteiger partial charge in [-0.3, -0.25) is 14.0 Å². The Hall–Kier alpha value is -4.19. The molecule has 6 heteroatoms. The summed E-state index contributed by atoms with van der Waals surface area (Å²) in [5.41, 5.74) is 4.15. The van der Waals surface area contributed by atoms with E-state index in [0.29, 0.717) is 40.5 Å². The summed E-state index contributed by atoms with van der Waals surface area (Å²) in [4.78, 5) is 31.2. The molecule has 0 aliphatic carbocycles. The fraction of sp³-hybridized carbons (Fsp3) is 0.148. The van der Waals surface area contributed by atoms with E-state index in [9.17, 15) is 9.59 Å². The van der Waals surface area contributed by atoms with Gasteiger partial charge in [0.25, 0.3) is 11.5 Å². The van der Waals surface area contributed by atoms with E-state index in [-0.39, 0.29) is 11.5 Å².